The van der Waals surface area contributed by atoms with Gasteiger partial charge in [0.2, 0.25) is 5.95 Å². The number of hydrogen-bond acceptors (Lipinski definition) is 5. The van der Waals surface area contributed by atoms with Crippen LogP contribution in [0.1, 0.15) is 12.7 Å². The molecule has 2 heterocycles. The Labute approximate surface area is 96.0 Å². The zero-order valence-electron chi connectivity index (χ0n) is 10.2. The zero-order chi connectivity index (χ0) is 11.5. The summed E-state index contributed by atoms with van der Waals surface area (Å²) < 4.78 is 0. The number of rotatable bonds is 3. The maximum Gasteiger partial charge on any atom is 0.244 e. The Balaban J connectivity index is 2.00. The summed E-state index contributed by atoms with van der Waals surface area (Å²) in [6.45, 7) is 5.93. The normalized spacial score (nSPS) is 21.8. The monoisotopic (exact) mass is 224 g/mol. The van der Waals surface area contributed by atoms with Crippen molar-refractivity contribution in [3.63, 3.8) is 0 Å². The molecule has 1 aliphatic heterocycles. The predicted molar refractivity (Wildman–Crippen MR) is 63.5 cm³/mol. The van der Waals surface area contributed by atoms with E-state index in [1.165, 1.54) is 0 Å². The average Bonchev–Trinajstić information content (AvgIpc) is 2.65. The molecular weight excluding hydrogens is 204 g/mol. The van der Waals surface area contributed by atoms with Crippen molar-refractivity contribution in [2.24, 2.45) is 0 Å². The molecule has 1 aromatic rings. The van der Waals surface area contributed by atoms with Crippen LogP contribution in [0, 0.1) is 0 Å². The molecule has 2 rings (SSSR count). The lowest BCUT2D eigenvalue weighted by Gasteiger charge is -2.30. The van der Waals surface area contributed by atoms with Gasteiger partial charge >= 0.3 is 0 Å². The van der Waals surface area contributed by atoms with Crippen LogP contribution in [0.5, 0.6) is 0 Å². The van der Waals surface area contributed by atoms with Gasteiger partial charge in [-0.15, -0.1) is 5.10 Å². The minimum absolute atomic E-state index is 0.504. The number of piperazine rings is 1. The molecule has 0 unspecified atom stereocenters. The summed E-state index contributed by atoms with van der Waals surface area (Å²) in [6, 6.07) is 0.504. The molecule has 2 N–H and O–H groups in total. The topological polar surface area (TPSA) is 60.1 Å². The molecule has 90 valence electrons. The molecule has 6 heteroatoms. The average molecular weight is 224 g/mol. The van der Waals surface area contributed by atoms with Crippen LogP contribution in [0.15, 0.2) is 0 Å². The van der Waals surface area contributed by atoms with Gasteiger partial charge in [0.05, 0.1) is 6.54 Å². The molecule has 1 saturated heterocycles. The van der Waals surface area contributed by atoms with E-state index in [2.05, 4.69) is 37.2 Å². The number of anilines is 1. The van der Waals surface area contributed by atoms with Crippen molar-refractivity contribution >= 4 is 5.95 Å². The van der Waals surface area contributed by atoms with Crippen LogP contribution >= 0.6 is 0 Å². The number of hydrogen-bond donors (Lipinski definition) is 2. The van der Waals surface area contributed by atoms with E-state index in [9.17, 15) is 0 Å². The van der Waals surface area contributed by atoms with E-state index in [1.807, 2.05) is 14.1 Å². The summed E-state index contributed by atoms with van der Waals surface area (Å²) in [5.41, 5.74) is 0. The maximum absolute atomic E-state index is 4.50. The van der Waals surface area contributed by atoms with Crippen LogP contribution in [0.25, 0.3) is 0 Å². The summed E-state index contributed by atoms with van der Waals surface area (Å²) >= 11 is 0. The predicted octanol–water partition coefficient (Wildman–Crippen LogP) is -0.336. The van der Waals surface area contributed by atoms with E-state index in [4.69, 9.17) is 0 Å². The Morgan fingerprint density at radius 2 is 2.31 bits per heavy atom. The molecular formula is C10H20N6. The largest absolute Gasteiger partial charge is 0.337 e. The minimum Gasteiger partial charge on any atom is -0.337 e. The lowest BCUT2D eigenvalue weighted by atomic mass is 10.2. The van der Waals surface area contributed by atoms with Crippen molar-refractivity contribution in [3.8, 4) is 0 Å². The fourth-order valence-corrected chi connectivity index (χ4v) is 1.91. The number of nitrogens with zero attached hydrogens (tertiary/aromatic N) is 4. The third kappa shape index (κ3) is 2.70. The van der Waals surface area contributed by atoms with Crippen LogP contribution in [-0.4, -0.2) is 59.9 Å². The second-order valence-corrected chi connectivity index (χ2v) is 4.62. The van der Waals surface area contributed by atoms with Crippen molar-refractivity contribution < 1.29 is 0 Å². The maximum atomic E-state index is 4.50. The van der Waals surface area contributed by atoms with Crippen molar-refractivity contribution in [3.05, 3.63) is 5.82 Å². The van der Waals surface area contributed by atoms with Crippen LogP contribution in [0.4, 0.5) is 5.95 Å². The Kier molecular flexibility index (Phi) is 3.40. The van der Waals surface area contributed by atoms with E-state index in [0.717, 1.165) is 38.0 Å². The third-order valence-electron chi connectivity index (χ3n) is 2.64. The zero-order valence-corrected chi connectivity index (χ0v) is 10.2. The van der Waals surface area contributed by atoms with Gasteiger partial charge in [0, 0.05) is 25.7 Å². The van der Waals surface area contributed by atoms with Crippen LogP contribution in [-0.2, 0) is 6.54 Å². The summed E-state index contributed by atoms with van der Waals surface area (Å²) in [7, 11) is 4.05. The Morgan fingerprint density at radius 1 is 1.50 bits per heavy atom. The standard InChI is InChI=1S/C10H20N6/c1-8-6-16(5-4-11-8)10-12-9(13-14-10)7-15(2)3/h8,11H,4-7H2,1-3H3,(H,12,13,14)/t8-/m0/s1. The molecule has 0 amide bonds. The third-order valence-corrected chi connectivity index (χ3v) is 2.64. The first kappa shape index (κ1) is 11.3. The van der Waals surface area contributed by atoms with Gasteiger partial charge in [-0.2, -0.15) is 4.98 Å². The molecule has 0 saturated carbocycles. The highest BCUT2D eigenvalue weighted by molar-refractivity contribution is 5.30. The van der Waals surface area contributed by atoms with E-state index in [1.54, 1.807) is 0 Å². The van der Waals surface area contributed by atoms with Crippen LogP contribution < -0.4 is 10.2 Å². The molecule has 1 aromatic heterocycles. The molecule has 6 nitrogen and oxygen atoms in total. The lowest BCUT2D eigenvalue weighted by Crippen LogP contribution is -2.49. The van der Waals surface area contributed by atoms with Gasteiger partial charge < -0.3 is 15.1 Å². The van der Waals surface area contributed by atoms with Gasteiger partial charge in [-0.05, 0) is 21.0 Å². The molecule has 0 radical (unpaired) electrons. The molecule has 1 fully saturated rings. The minimum atomic E-state index is 0.504. The van der Waals surface area contributed by atoms with Crippen molar-refractivity contribution in [1.82, 2.24) is 25.4 Å². The molecule has 0 bridgehead atoms. The van der Waals surface area contributed by atoms with Crippen molar-refractivity contribution in [2.75, 3.05) is 38.6 Å². The summed E-state index contributed by atoms with van der Waals surface area (Å²) in [5, 5.41) is 10.7. The first-order valence-electron chi connectivity index (χ1n) is 5.69. The Bertz CT molecular complexity index is 334. The Hall–Kier alpha value is -1.14. The van der Waals surface area contributed by atoms with Crippen LogP contribution in [0.3, 0.4) is 0 Å². The van der Waals surface area contributed by atoms with Crippen molar-refractivity contribution in [1.29, 1.82) is 0 Å². The smallest absolute Gasteiger partial charge is 0.244 e. The fourth-order valence-electron chi connectivity index (χ4n) is 1.91. The second kappa shape index (κ2) is 4.80. The lowest BCUT2D eigenvalue weighted by molar-refractivity contribution is 0.391. The van der Waals surface area contributed by atoms with Crippen molar-refractivity contribution in [2.45, 2.75) is 19.5 Å². The van der Waals surface area contributed by atoms with Gasteiger partial charge in [0.25, 0.3) is 0 Å². The molecule has 1 aliphatic rings. The van der Waals surface area contributed by atoms with E-state index < -0.39 is 0 Å². The first-order chi connectivity index (χ1) is 7.65. The summed E-state index contributed by atoms with van der Waals surface area (Å²) in [4.78, 5) is 8.79. The molecule has 0 aromatic carbocycles. The highest BCUT2D eigenvalue weighted by Crippen LogP contribution is 2.10. The van der Waals surface area contributed by atoms with Gasteiger partial charge in [-0.1, -0.05) is 0 Å². The summed E-state index contributed by atoms with van der Waals surface area (Å²) in [6.07, 6.45) is 0. The Morgan fingerprint density at radius 3 is 3.00 bits per heavy atom. The SMILES string of the molecule is C[C@H]1CN(c2n[nH]c(CN(C)C)n2)CCN1. The van der Waals surface area contributed by atoms with Gasteiger partial charge in [-0.25, -0.2) is 0 Å². The number of aromatic nitrogens is 3. The van der Waals surface area contributed by atoms with E-state index in [-0.39, 0.29) is 0 Å². The number of H-pyrrole nitrogens is 1. The second-order valence-electron chi connectivity index (χ2n) is 4.62. The number of nitrogens with one attached hydrogen (secondary N) is 2. The van der Waals surface area contributed by atoms with E-state index in [0.29, 0.717) is 6.04 Å². The highest BCUT2D eigenvalue weighted by Gasteiger charge is 2.19. The quantitative estimate of drug-likeness (QED) is 0.736. The first-order valence-corrected chi connectivity index (χ1v) is 5.69. The van der Waals surface area contributed by atoms with Crippen LogP contribution in [0.2, 0.25) is 0 Å². The molecule has 16 heavy (non-hydrogen) atoms. The molecule has 0 spiro atoms. The van der Waals surface area contributed by atoms with Gasteiger partial charge in [0.1, 0.15) is 5.82 Å². The van der Waals surface area contributed by atoms with Gasteiger partial charge in [-0.3, -0.25) is 5.10 Å². The fraction of sp³-hybridized carbons (Fsp3) is 0.800. The highest BCUT2D eigenvalue weighted by atomic mass is 15.4. The molecule has 1 atom stereocenters. The summed E-state index contributed by atoms with van der Waals surface area (Å²) in [5.74, 6) is 1.75. The molecule has 0 aliphatic carbocycles. The number of aromatic amines is 1. The van der Waals surface area contributed by atoms with Gasteiger partial charge in [0.15, 0.2) is 0 Å². The van der Waals surface area contributed by atoms with E-state index >= 15 is 0 Å².